The predicted octanol–water partition coefficient (Wildman–Crippen LogP) is 3.40. The Kier molecular flexibility index (Phi) is 5.21. The molecule has 0 radical (unpaired) electrons. The zero-order chi connectivity index (χ0) is 17.0. The molecule has 0 bridgehead atoms. The number of para-hydroxylation sites is 1. The van der Waals surface area contributed by atoms with Crippen molar-refractivity contribution in [2.75, 3.05) is 18.4 Å². The Morgan fingerprint density at radius 3 is 2.29 bits per heavy atom. The van der Waals surface area contributed by atoms with Gasteiger partial charge in [0.25, 0.3) is 0 Å². The van der Waals surface area contributed by atoms with Crippen LogP contribution in [0.3, 0.4) is 0 Å². The Hall–Kier alpha value is -1.85. The molecule has 0 saturated carbocycles. The molecule has 0 atom stereocenters. The molecule has 0 amide bonds. The minimum atomic E-state index is -3.24. The van der Waals surface area contributed by atoms with Gasteiger partial charge in [-0.3, -0.25) is 0 Å². The van der Waals surface area contributed by atoms with Crippen molar-refractivity contribution in [2.45, 2.75) is 31.6 Å². The van der Waals surface area contributed by atoms with E-state index in [2.05, 4.69) is 24.4 Å². The van der Waals surface area contributed by atoms with Crippen molar-refractivity contribution in [3.63, 3.8) is 0 Å². The Bertz CT molecular complexity index is 767. The summed E-state index contributed by atoms with van der Waals surface area (Å²) in [5.74, 6) is 0.0870. The molecule has 0 aliphatic carbocycles. The van der Waals surface area contributed by atoms with Crippen LogP contribution >= 0.6 is 0 Å². The van der Waals surface area contributed by atoms with Gasteiger partial charge in [0.15, 0.2) is 0 Å². The van der Waals surface area contributed by atoms with Gasteiger partial charge in [0.1, 0.15) is 0 Å². The summed E-state index contributed by atoms with van der Waals surface area (Å²) in [5.41, 5.74) is 3.21. The van der Waals surface area contributed by atoms with Crippen LogP contribution in [-0.4, -0.2) is 31.9 Å². The molecule has 0 aromatic heterocycles. The lowest BCUT2D eigenvalue weighted by Crippen LogP contribution is -2.42. The van der Waals surface area contributed by atoms with Gasteiger partial charge in [-0.05, 0) is 37.0 Å². The van der Waals surface area contributed by atoms with E-state index in [1.54, 1.807) is 4.31 Å². The molecule has 1 N–H and O–H groups in total. The van der Waals surface area contributed by atoms with Crippen LogP contribution in [0.15, 0.2) is 54.6 Å². The highest BCUT2D eigenvalue weighted by molar-refractivity contribution is 7.88. The fourth-order valence-electron chi connectivity index (χ4n) is 3.11. The van der Waals surface area contributed by atoms with Gasteiger partial charge in [0, 0.05) is 24.8 Å². The summed E-state index contributed by atoms with van der Waals surface area (Å²) < 4.78 is 26.8. The van der Waals surface area contributed by atoms with Gasteiger partial charge in [-0.2, -0.15) is 0 Å². The summed E-state index contributed by atoms with van der Waals surface area (Å²) in [6.45, 7) is 3.25. The van der Waals surface area contributed by atoms with Crippen molar-refractivity contribution in [3.05, 3.63) is 65.7 Å². The van der Waals surface area contributed by atoms with E-state index < -0.39 is 10.0 Å². The fraction of sp³-hybridized carbons (Fsp3) is 0.368. The number of nitrogens with one attached hydrogen (secondary N) is 1. The van der Waals surface area contributed by atoms with Crippen molar-refractivity contribution >= 4 is 15.7 Å². The van der Waals surface area contributed by atoms with E-state index in [1.807, 2.05) is 42.5 Å². The molecule has 0 spiro atoms. The van der Waals surface area contributed by atoms with Gasteiger partial charge in [0.2, 0.25) is 10.0 Å². The van der Waals surface area contributed by atoms with E-state index in [-0.39, 0.29) is 5.75 Å². The molecule has 3 rings (SSSR count). The summed E-state index contributed by atoms with van der Waals surface area (Å²) in [7, 11) is -3.24. The highest BCUT2D eigenvalue weighted by atomic mass is 32.2. The van der Waals surface area contributed by atoms with Crippen LogP contribution < -0.4 is 5.32 Å². The number of anilines is 1. The standard InChI is InChI=1S/C19H24N2O2S/c1-16-7-5-6-10-19(16)20-18-11-13-21(14-12-18)24(22,23)15-17-8-3-2-4-9-17/h2-10,18,20H,11-15H2,1H3. The molecule has 1 saturated heterocycles. The first-order valence-electron chi connectivity index (χ1n) is 8.38. The fourth-order valence-corrected chi connectivity index (χ4v) is 4.67. The monoisotopic (exact) mass is 344 g/mol. The van der Waals surface area contributed by atoms with E-state index in [0.717, 1.165) is 24.1 Å². The molecule has 2 aromatic rings. The number of sulfonamides is 1. The molecule has 1 aliphatic rings. The van der Waals surface area contributed by atoms with E-state index in [4.69, 9.17) is 0 Å². The molecule has 2 aromatic carbocycles. The third-order valence-electron chi connectivity index (χ3n) is 4.54. The van der Waals surface area contributed by atoms with E-state index in [0.29, 0.717) is 19.1 Å². The maximum absolute atomic E-state index is 12.6. The molecule has 4 nitrogen and oxygen atoms in total. The number of benzene rings is 2. The van der Waals surface area contributed by atoms with Crippen LogP contribution in [0.4, 0.5) is 5.69 Å². The van der Waals surface area contributed by atoms with E-state index in [1.165, 1.54) is 5.56 Å². The molecule has 5 heteroatoms. The van der Waals surface area contributed by atoms with Gasteiger partial charge >= 0.3 is 0 Å². The molecular weight excluding hydrogens is 320 g/mol. The van der Waals surface area contributed by atoms with E-state index in [9.17, 15) is 8.42 Å². The molecule has 0 unspecified atom stereocenters. The third-order valence-corrected chi connectivity index (χ3v) is 6.39. The quantitative estimate of drug-likeness (QED) is 0.904. The molecule has 1 fully saturated rings. The van der Waals surface area contributed by atoms with Gasteiger partial charge in [0.05, 0.1) is 5.75 Å². The molecule has 1 heterocycles. The second kappa shape index (κ2) is 7.36. The molecular formula is C19H24N2O2S. The zero-order valence-electron chi connectivity index (χ0n) is 14.0. The lowest BCUT2D eigenvalue weighted by molar-refractivity contribution is 0.329. The highest BCUT2D eigenvalue weighted by Crippen LogP contribution is 2.22. The second-order valence-electron chi connectivity index (χ2n) is 6.37. The zero-order valence-corrected chi connectivity index (χ0v) is 14.8. The number of aryl methyl sites for hydroxylation is 1. The van der Waals surface area contributed by atoms with Crippen LogP contribution in [0, 0.1) is 6.92 Å². The van der Waals surface area contributed by atoms with E-state index >= 15 is 0 Å². The summed E-state index contributed by atoms with van der Waals surface area (Å²) in [4.78, 5) is 0. The van der Waals surface area contributed by atoms with Crippen molar-refractivity contribution in [1.29, 1.82) is 0 Å². The lowest BCUT2D eigenvalue weighted by Gasteiger charge is -2.32. The Balaban J connectivity index is 1.57. The first kappa shape index (κ1) is 17.0. The number of rotatable bonds is 5. The topological polar surface area (TPSA) is 49.4 Å². The average Bonchev–Trinajstić information content (AvgIpc) is 2.58. The number of piperidine rings is 1. The van der Waals surface area contributed by atoms with Gasteiger partial charge in [-0.25, -0.2) is 12.7 Å². The summed E-state index contributed by atoms with van der Waals surface area (Å²) in [6.07, 6.45) is 1.67. The number of hydrogen-bond acceptors (Lipinski definition) is 3. The predicted molar refractivity (Wildman–Crippen MR) is 98.5 cm³/mol. The summed E-state index contributed by atoms with van der Waals surface area (Å²) in [6, 6.07) is 17.9. The van der Waals surface area contributed by atoms with Crippen molar-refractivity contribution in [3.8, 4) is 0 Å². The Labute approximate surface area is 144 Å². The van der Waals surface area contributed by atoms with Crippen LogP contribution in [0.2, 0.25) is 0 Å². The van der Waals surface area contributed by atoms with Gasteiger partial charge in [-0.1, -0.05) is 48.5 Å². The Morgan fingerprint density at radius 2 is 1.62 bits per heavy atom. The van der Waals surface area contributed by atoms with Crippen LogP contribution in [0.1, 0.15) is 24.0 Å². The first-order chi connectivity index (χ1) is 11.5. The molecule has 128 valence electrons. The SMILES string of the molecule is Cc1ccccc1NC1CCN(S(=O)(=O)Cc2ccccc2)CC1. The summed E-state index contributed by atoms with van der Waals surface area (Å²) in [5, 5.41) is 3.55. The minimum Gasteiger partial charge on any atom is -0.382 e. The minimum absolute atomic E-state index is 0.0870. The van der Waals surface area contributed by atoms with Crippen LogP contribution in [-0.2, 0) is 15.8 Å². The van der Waals surface area contributed by atoms with Crippen molar-refractivity contribution in [1.82, 2.24) is 4.31 Å². The van der Waals surface area contributed by atoms with Crippen LogP contribution in [0.5, 0.6) is 0 Å². The van der Waals surface area contributed by atoms with Gasteiger partial charge < -0.3 is 5.32 Å². The average molecular weight is 344 g/mol. The maximum Gasteiger partial charge on any atom is 0.218 e. The molecule has 24 heavy (non-hydrogen) atoms. The Morgan fingerprint density at radius 1 is 1.00 bits per heavy atom. The normalized spacial score (nSPS) is 16.9. The van der Waals surface area contributed by atoms with Crippen LogP contribution in [0.25, 0.3) is 0 Å². The third kappa shape index (κ3) is 4.16. The largest absolute Gasteiger partial charge is 0.382 e. The van der Waals surface area contributed by atoms with Crippen molar-refractivity contribution < 1.29 is 8.42 Å². The maximum atomic E-state index is 12.6. The van der Waals surface area contributed by atoms with Gasteiger partial charge in [-0.15, -0.1) is 0 Å². The smallest absolute Gasteiger partial charge is 0.218 e. The lowest BCUT2D eigenvalue weighted by atomic mass is 10.1. The molecule has 1 aliphatic heterocycles. The first-order valence-corrected chi connectivity index (χ1v) is 9.99. The van der Waals surface area contributed by atoms with Crippen molar-refractivity contribution in [2.24, 2.45) is 0 Å². The highest BCUT2D eigenvalue weighted by Gasteiger charge is 2.28. The number of hydrogen-bond donors (Lipinski definition) is 1. The summed E-state index contributed by atoms with van der Waals surface area (Å²) >= 11 is 0. The number of nitrogens with zero attached hydrogens (tertiary/aromatic N) is 1. The second-order valence-corrected chi connectivity index (χ2v) is 8.34.